The molecule has 1 unspecified atom stereocenters. The molecule has 4 rings (SSSR count). The predicted octanol–water partition coefficient (Wildman–Crippen LogP) is 3.57. The molecule has 9 nitrogen and oxygen atoms in total. The maximum absolute atomic E-state index is 12.7. The lowest BCUT2D eigenvalue weighted by molar-refractivity contribution is -0.141. The van der Waals surface area contributed by atoms with E-state index in [0.29, 0.717) is 0 Å². The Morgan fingerprint density at radius 3 is 2.29 bits per heavy atom. The van der Waals surface area contributed by atoms with Gasteiger partial charge in [-0.05, 0) is 22.3 Å². The summed E-state index contributed by atoms with van der Waals surface area (Å²) >= 11 is 0. The van der Waals surface area contributed by atoms with Crippen molar-refractivity contribution in [3.8, 4) is 11.1 Å². The van der Waals surface area contributed by atoms with Crippen molar-refractivity contribution in [1.29, 1.82) is 0 Å². The first-order valence-electron chi connectivity index (χ1n) is 10.9. The quantitative estimate of drug-likeness (QED) is 0.555. The van der Waals surface area contributed by atoms with Gasteiger partial charge in [-0.15, -0.1) is 0 Å². The summed E-state index contributed by atoms with van der Waals surface area (Å²) in [6, 6.07) is 17.6. The second kappa shape index (κ2) is 9.38. The number of carboxylic acid groups (broad SMARTS) is 1. The van der Waals surface area contributed by atoms with Crippen LogP contribution in [0.5, 0.6) is 0 Å². The average molecular weight is 463 g/mol. The first kappa shape index (κ1) is 23.0. The Morgan fingerprint density at radius 2 is 1.71 bits per heavy atom. The highest BCUT2D eigenvalue weighted by molar-refractivity contribution is 5.94. The number of hydrogen-bond donors (Lipinski definition) is 2. The monoisotopic (exact) mass is 462 g/mol. The van der Waals surface area contributed by atoms with E-state index in [-0.39, 0.29) is 30.6 Å². The van der Waals surface area contributed by atoms with Gasteiger partial charge in [0.1, 0.15) is 12.3 Å². The highest BCUT2D eigenvalue weighted by atomic mass is 16.5. The normalized spacial score (nSPS) is 13.0. The number of ether oxygens (including phenoxy) is 1. The number of benzene rings is 2. The minimum atomic E-state index is -0.984. The van der Waals surface area contributed by atoms with Crippen LogP contribution < -0.4 is 5.32 Å². The van der Waals surface area contributed by atoms with Gasteiger partial charge in [0.25, 0.3) is 5.91 Å². The Kier molecular flexibility index (Phi) is 6.36. The molecule has 0 radical (unpaired) electrons. The van der Waals surface area contributed by atoms with Gasteiger partial charge in [-0.1, -0.05) is 55.5 Å². The van der Waals surface area contributed by atoms with Crippen molar-refractivity contribution in [3.05, 3.63) is 71.4 Å². The third-order valence-corrected chi connectivity index (χ3v) is 5.99. The molecule has 9 heteroatoms. The SMILES string of the molecule is CC(CN(C)C(=O)c1cc(NC(=O)OCC2c3ccccc3-c3ccccc32)nn1C)C(=O)O. The number of nitrogens with zero attached hydrogens (tertiary/aromatic N) is 3. The summed E-state index contributed by atoms with van der Waals surface area (Å²) in [6.45, 7) is 1.74. The fourth-order valence-electron chi connectivity index (χ4n) is 4.23. The minimum absolute atomic E-state index is 0.0501. The summed E-state index contributed by atoms with van der Waals surface area (Å²) < 4.78 is 6.86. The van der Waals surface area contributed by atoms with Crippen molar-refractivity contribution < 1.29 is 24.2 Å². The van der Waals surface area contributed by atoms with E-state index < -0.39 is 23.9 Å². The van der Waals surface area contributed by atoms with Crippen LogP contribution in [0.25, 0.3) is 11.1 Å². The Bertz CT molecular complexity index is 1210. The molecule has 1 aromatic heterocycles. The number of nitrogens with one attached hydrogen (secondary N) is 1. The summed E-state index contributed by atoms with van der Waals surface area (Å²) in [5.41, 5.74) is 4.72. The van der Waals surface area contributed by atoms with E-state index in [1.54, 1.807) is 7.05 Å². The number of carbonyl (C=O) groups is 3. The third-order valence-electron chi connectivity index (χ3n) is 5.99. The molecule has 1 aliphatic rings. The van der Waals surface area contributed by atoms with Crippen LogP contribution in [0.2, 0.25) is 0 Å². The van der Waals surface area contributed by atoms with Crippen LogP contribution in [0.4, 0.5) is 10.6 Å². The second-order valence-electron chi connectivity index (χ2n) is 8.41. The molecule has 0 fully saturated rings. The first-order chi connectivity index (χ1) is 16.3. The first-order valence-corrected chi connectivity index (χ1v) is 10.9. The highest BCUT2D eigenvalue weighted by Gasteiger charge is 2.29. The van der Waals surface area contributed by atoms with Gasteiger partial charge in [0, 0.05) is 32.6 Å². The maximum Gasteiger partial charge on any atom is 0.412 e. The van der Waals surface area contributed by atoms with E-state index >= 15 is 0 Å². The molecule has 3 aromatic rings. The Labute approximate surface area is 196 Å². The van der Waals surface area contributed by atoms with E-state index in [0.717, 1.165) is 22.3 Å². The fraction of sp³-hybridized carbons (Fsp3) is 0.280. The van der Waals surface area contributed by atoms with Crippen LogP contribution in [0.15, 0.2) is 54.6 Å². The Balaban J connectivity index is 1.40. The summed E-state index contributed by atoms with van der Waals surface area (Å²) in [7, 11) is 3.10. The second-order valence-corrected chi connectivity index (χ2v) is 8.41. The van der Waals surface area contributed by atoms with Gasteiger partial charge in [0.05, 0.1) is 5.92 Å². The molecule has 1 atom stereocenters. The summed E-state index contributed by atoms with van der Waals surface area (Å²) in [5.74, 6) is -1.99. The Morgan fingerprint density at radius 1 is 1.12 bits per heavy atom. The zero-order valence-electron chi connectivity index (χ0n) is 19.2. The molecule has 0 saturated carbocycles. The average Bonchev–Trinajstić information content (AvgIpc) is 3.34. The van der Waals surface area contributed by atoms with Crippen molar-refractivity contribution in [1.82, 2.24) is 14.7 Å². The summed E-state index contributed by atoms with van der Waals surface area (Å²) in [4.78, 5) is 37.6. The lowest BCUT2D eigenvalue weighted by Crippen LogP contribution is -2.34. The van der Waals surface area contributed by atoms with Crippen LogP contribution in [-0.4, -0.2) is 58.0 Å². The van der Waals surface area contributed by atoms with Crippen LogP contribution in [0, 0.1) is 5.92 Å². The topological polar surface area (TPSA) is 114 Å². The molecular formula is C25H26N4O5. The predicted molar refractivity (Wildman–Crippen MR) is 126 cm³/mol. The van der Waals surface area contributed by atoms with Crippen molar-refractivity contribution >= 4 is 23.8 Å². The molecule has 0 spiro atoms. The van der Waals surface area contributed by atoms with Crippen LogP contribution in [0.1, 0.15) is 34.5 Å². The van der Waals surface area contributed by atoms with E-state index in [4.69, 9.17) is 9.84 Å². The number of aryl methyl sites for hydroxylation is 1. The van der Waals surface area contributed by atoms with Gasteiger partial charge in [-0.3, -0.25) is 19.6 Å². The molecule has 2 N–H and O–H groups in total. The number of fused-ring (bicyclic) bond motifs is 3. The number of hydrogen-bond acceptors (Lipinski definition) is 5. The summed E-state index contributed by atoms with van der Waals surface area (Å²) in [6.07, 6.45) is -0.674. The zero-order chi connectivity index (χ0) is 24.4. The third kappa shape index (κ3) is 4.50. The van der Waals surface area contributed by atoms with Crippen LogP contribution >= 0.6 is 0 Å². The largest absolute Gasteiger partial charge is 0.481 e. The number of aromatic nitrogens is 2. The fourth-order valence-corrected chi connectivity index (χ4v) is 4.23. The van der Waals surface area contributed by atoms with Crippen LogP contribution in [-0.2, 0) is 16.6 Å². The molecular weight excluding hydrogens is 436 g/mol. The number of aliphatic carboxylic acids is 1. The molecule has 0 bridgehead atoms. The molecule has 2 amide bonds. The standard InChI is InChI=1S/C25H26N4O5/c1-15(24(31)32)13-28(2)23(30)21-12-22(27-29(21)3)26-25(33)34-14-20-18-10-6-4-8-16(18)17-9-5-7-11-19(17)20/h4-12,15,20H,13-14H2,1-3H3,(H,31,32)(H,26,27,33). The van der Waals surface area contributed by atoms with Gasteiger partial charge >= 0.3 is 12.1 Å². The lowest BCUT2D eigenvalue weighted by Gasteiger charge is -2.19. The number of carbonyl (C=O) groups excluding carboxylic acids is 2. The van der Waals surface area contributed by atoms with Crippen molar-refractivity contribution in [2.24, 2.45) is 13.0 Å². The van der Waals surface area contributed by atoms with Crippen LogP contribution in [0.3, 0.4) is 0 Å². The van der Waals surface area contributed by atoms with Gasteiger partial charge in [-0.25, -0.2) is 4.79 Å². The zero-order valence-corrected chi connectivity index (χ0v) is 19.2. The molecule has 2 aromatic carbocycles. The van der Waals surface area contributed by atoms with E-state index in [9.17, 15) is 14.4 Å². The smallest absolute Gasteiger partial charge is 0.412 e. The van der Waals surface area contributed by atoms with E-state index in [1.807, 2.05) is 36.4 Å². The number of anilines is 1. The molecule has 0 aliphatic heterocycles. The number of carboxylic acids is 1. The molecule has 34 heavy (non-hydrogen) atoms. The van der Waals surface area contributed by atoms with Gasteiger partial charge < -0.3 is 14.7 Å². The van der Waals surface area contributed by atoms with Gasteiger partial charge in [-0.2, -0.15) is 5.10 Å². The molecule has 1 heterocycles. The molecule has 176 valence electrons. The van der Waals surface area contributed by atoms with Gasteiger partial charge in [0.2, 0.25) is 0 Å². The van der Waals surface area contributed by atoms with E-state index in [1.165, 1.54) is 29.6 Å². The lowest BCUT2D eigenvalue weighted by atomic mass is 9.98. The molecule has 0 saturated heterocycles. The van der Waals surface area contributed by atoms with Crippen molar-refractivity contribution in [2.45, 2.75) is 12.8 Å². The maximum atomic E-state index is 12.7. The molecule has 1 aliphatic carbocycles. The minimum Gasteiger partial charge on any atom is -0.481 e. The van der Waals surface area contributed by atoms with E-state index in [2.05, 4.69) is 22.5 Å². The van der Waals surface area contributed by atoms with Crippen molar-refractivity contribution in [2.75, 3.05) is 25.5 Å². The Hall–Kier alpha value is -4.14. The highest BCUT2D eigenvalue weighted by Crippen LogP contribution is 2.44. The van der Waals surface area contributed by atoms with Crippen molar-refractivity contribution in [3.63, 3.8) is 0 Å². The number of rotatable bonds is 7. The van der Waals surface area contributed by atoms with Gasteiger partial charge in [0.15, 0.2) is 5.82 Å². The number of amides is 2. The summed E-state index contributed by atoms with van der Waals surface area (Å²) in [5, 5.41) is 15.8.